The van der Waals surface area contributed by atoms with Crippen LogP contribution in [0, 0.1) is 13.8 Å². The third kappa shape index (κ3) is 5.74. The largest absolute Gasteiger partial charge is 0.416 e. The number of nitrogens with one attached hydrogen (secondary N) is 3. The van der Waals surface area contributed by atoms with Gasteiger partial charge in [0.1, 0.15) is 10.7 Å². The molecule has 2 heterocycles. The topological polar surface area (TPSA) is 104 Å². The molecule has 0 saturated heterocycles. The van der Waals surface area contributed by atoms with Crippen molar-refractivity contribution in [2.24, 2.45) is 0 Å². The summed E-state index contributed by atoms with van der Waals surface area (Å²) in [7, 11) is 0. The summed E-state index contributed by atoms with van der Waals surface area (Å²) in [5, 5.41) is 4.72. The molecule has 2 amide bonds. The van der Waals surface area contributed by atoms with Gasteiger partial charge in [0.05, 0.1) is 33.3 Å². The van der Waals surface area contributed by atoms with Crippen molar-refractivity contribution in [3.05, 3.63) is 50.4 Å². The fourth-order valence-corrected chi connectivity index (χ4v) is 4.81. The van der Waals surface area contributed by atoms with Crippen molar-refractivity contribution in [3.8, 4) is 0 Å². The van der Waals surface area contributed by atoms with E-state index in [9.17, 15) is 27.6 Å². The maximum Gasteiger partial charge on any atom is 0.416 e. The van der Waals surface area contributed by atoms with E-state index in [0.717, 1.165) is 40.4 Å². The van der Waals surface area contributed by atoms with E-state index in [2.05, 4.69) is 20.6 Å². The summed E-state index contributed by atoms with van der Waals surface area (Å²) >= 11 is 2.58. The van der Waals surface area contributed by atoms with Crippen LogP contribution in [0.1, 0.15) is 35.7 Å². The molecule has 0 bridgehead atoms. The lowest BCUT2D eigenvalue weighted by Crippen LogP contribution is -2.24. The van der Waals surface area contributed by atoms with Crippen LogP contribution in [0.25, 0.3) is 10.2 Å². The molecular weight excluding hydrogens is 477 g/mol. The van der Waals surface area contributed by atoms with Gasteiger partial charge in [-0.3, -0.25) is 14.4 Å². The molecule has 0 fully saturated rings. The van der Waals surface area contributed by atoms with E-state index >= 15 is 0 Å². The summed E-state index contributed by atoms with van der Waals surface area (Å²) in [5.41, 5.74) is -0.426. The van der Waals surface area contributed by atoms with Crippen molar-refractivity contribution in [1.29, 1.82) is 0 Å². The van der Waals surface area contributed by atoms with Crippen LogP contribution in [0.2, 0.25) is 0 Å². The number of carbonyl (C=O) groups is 2. The molecule has 176 valence electrons. The minimum absolute atomic E-state index is 0.0564. The van der Waals surface area contributed by atoms with Gasteiger partial charge in [0.25, 0.3) is 5.56 Å². The Kier molecular flexibility index (Phi) is 7.17. The van der Waals surface area contributed by atoms with Crippen molar-refractivity contribution in [1.82, 2.24) is 9.97 Å². The summed E-state index contributed by atoms with van der Waals surface area (Å²) in [6.45, 7) is 6.56. The number of thiophene rings is 1. The smallest absolute Gasteiger partial charge is 0.325 e. The molecule has 0 aliphatic heterocycles. The molecule has 1 aromatic carbocycles. The van der Waals surface area contributed by atoms with Crippen LogP contribution in [0.5, 0.6) is 0 Å². The minimum Gasteiger partial charge on any atom is -0.325 e. The number of halogens is 3. The van der Waals surface area contributed by atoms with Gasteiger partial charge in [-0.2, -0.15) is 13.2 Å². The first-order valence-electron chi connectivity index (χ1n) is 9.77. The number of alkyl halides is 3. The normalized spacial score (nSPS) is 12.6. The number of hydrogen-bond acceptors (Lipinski definition) is 6. The highest BCUT2D eigenvalue weighted by molar-refractivity contribution is 7.99. The van der Waals surface area contributed by atoms with E-state index in [-0.39, 0.29) is 22.7 Å². The molecule has 0 aliphatic rings. The lowest BCUT2D eigenvalue weighted by atomic mass is 10.1. The number of rotatable bonds is 6. The number of anilines is 2. The Labute approximate surface area is 195 Å². The minimum atomic E-state index is -4.61. The van der Waals surface area contributed by atoms with Gasteiger partial charge in [0, 0.05) is 11.8 Å². The van der Waals surface area contributed by atoms with Gasteiger partial charge in [0.15, 0.2) is 0 Å². The van der Waals surface area contributed by atoms with Crippen LogP contribution < -0.4 is 16.2 Å². The molecule has 2 aromatic heterocycles. The maximum absolute atomic E-state index is 13.1. The SMILES string of the molecule is CC(=O)Nc1ccc(C(F)(F)F)cc1NC(=O)C(C)SCc1nc2sc(C)c(C)c2c(=O)[nH]1. The van der Waals surface area contributed by atoms with Crippen LogP contribution >= 0.6 is 23.1 Å². The Hall–Kier alpha value is -2.86. The lowest BCUT2D eigenvalue weighted by Gasteiger charge is -2.17. The summed E-state index contributed by atoms with van der Waals surface area (Å²) in [6, 6.07) is 2.69. The van der Waals surface area contributed by atoms with Crippen molar-refractivity contribution in [3.63, 3.8) is 0 Å². The predicted molar refractivity (Wildman–Crippen MR) is 125 cm³/mol. The van der Waals surface area contributed by atoms with Gasteiger partial charge >= 0.3 is 6.18 Å². The third-order valence-corrected chi connectivity index (χ3v) is 7.10. The highest BCUT2D eigenvalue weighted by atomic mass is 32.2. The highest BCUT2D eigenvalue weighted by Crippen LogP contribution is 2.34. The zero-order chi connectivity index (χ0) is 24.5. The van der Waals surface area contributed by atoms with Gasteiger partial charge in [-0.05, 0) is 44.5 Å². The fraction of sp³-hybridized carbons (Fsp3) is 0.333. The molecule has 0 aliphatic carbocycles. The van der Waals surface area contributed by atoms with E-state index in [0.29, 0.717) is 16.0 Å². The molecular formula is C21H21F3N4O3S2. The lowest BCUT2D eigenvalue weighted by molar-refractivity contribution is -0.137. The number of benzene rings is 1. The van der Waals surface area contributed by atoms with E-state index < -0.39 is 28.8 Å². The molecule has 0 spiro atoms. The van der Waals surface area contributed by atoms with Crippen LogP contribution in [0.15, 0.2) is 23.0 Å². The predicted octanol–water partition coefficient (Wildman–Crippen LogP) is 4.84. The number of amides is 2. The average Bonchev–Trinajstić information content (AvgIpc) is 3.00. The molecule has 7 nitrogen and oxygen atoms in total. The molecule has 3 rings (SSSR count). The fourth-order valence-electron chi connectivity index (χ4n) is 3.00. The number of aryl methyl sites for hydroxylation is 2. The number of aromatic nitrogens is 2. The second kappa shape index (κ2) is 9.56. The molecule has 0 saturated carbocycles. The maximum atomic E-state index is 13.1. The number of hydrogen-bond donors (Lipinski definition) is 3. The van der Waals surface area contributed by atoms with Gasteiger partial charge in [-0.1, -0.05) is 0 Å². The van der Waals surface area contributed by atoms with E-state index in [1.54, 1.807) is 6.92 Å². The van der Waals surface area contributed by atoms with Crippen molar-refractivity contribution >= 4 is 56.5 Å². The Balaban J connectivity index is 1.75. The van der Waals surface area contributed by atoms with Gasteiger partial charge in [-0.25, -0.2) is 4.98 Å². The molecule has 0 radical (unpaired) electrons. The number of fused-ring (bicyclic) bond motifs is 1. The zero-order valence-electron chi connectivity index (χ0n) is 18.1. The molecule has 3 aromatic rings. The van der Waals surface area contributed by atoms with Gasteiger partial charge in [-0.15, -0.1) is 23.1 Å². The number of H-pyrrole nitrogens is 1. The standard InChI is InChI=1S/C21H21F3N4O3S2/c1-9-10(2)33-20-17(9)19(31)27-16(28-20)8-32-11(3)18(30)26-15-7-13(21(22,23)24)5-6-14(15)25-12(4)29/h5-7,11H,8H2,1-4H3,(H,25,29)(H,26,30)(H,27,28,31). The molecule has 12 heteroatoms. The van der Waals surface area contributed by atoms with E-state index in [4.69, 9.17) is 0 Å². The second-order valence-electron chi connectivity index (χ2n) is 7.36. The number of carbonyl (C=O) groups excluding carboxylic acids is 2. The van der Waals surface area contributed by atoms with Gasteiger partial charge in [0.2, 0.25) is 11.8 Å². The number of aromatic amines is 1. The summed E-state index contributed by atoms with van der Waals surface area (Å²) in [4.78, 5) is 45.2. The number of nitrogens with zero attached hydrogens (tertiary/aromatic N) is 1. The van der Waals surface area contributed by atoms with Crippen molar-refractivity contribution in [2.45, 2.75) is 44.9 Å². The van der Waals surface area contributed by atoms with E-state index in [1.807, 2.05) is 13.8 Å². The second-order valence-corrected chi connectivity index (χ2v) is 9.89. The van der Waals surface area contributed by atoms with E-state index in [1.165, 1.54) is 18.3 Å². The van der Waals surface area contributed by atoms with Gasteiger partial charge < -0.3 is 15.6 Å². The Morgan fingerprint density at radius 1 is 1.21 bits per heavy atom. The Morgan fingerprint density at radius 2 is 1.91 bits per heavy atom. The number of thioether (sulfide) groups is 1. The van der Waals surface area contributed by atoms with Crippen LogP contribution in [-0.4, -0.2) is 27.0 Å². The zero-order valence-corrected chi connectivity index (χ0v) is 19.8. The first-order valence-corrected chi connectivity index (χ1v) is 11.6. The van der Waals surface area contributed by atoms with Crippen LogP contribution in [-0.2, 0) is 21.5 Å². The Morgan fingerprint density at radius 3 is 2.55 bits per heavy atom. The summed E-state index contributed by atoms with van der Waals surface area (Å²) < 4.78 is 39.3. The monoisotopic (exact) mass is 498 g/mol. The average molecular weight is 499 g/mol. The third-order valence-electron chi connectivity index (χ3n) is 4.84. The van der Waals surface area contributed by atoms with Crippen LogP contribution in [0.4, 0.5) is 24.5 Å². The molecule has 3 N–H and O–H groups in total. The first kappa shape index (κ1) is 24.8. The Bertz CT molecular complexity index is 1280. The molecule has 1 unspecified atom stereocenters. The summed E-state index contributed by atoms with van der Waals surface area (Å²) in [5.74, 6) is -0.428. The quantitative estimate of drug-likeness (QED) is 0.451. The van der Waals surface area contributed by atoms with Crippen molar-refractivity contribution in [2.75, 3.05) is 10.6 Å². The first-order chi connectivity index (χ1) is 15.4. The summed E-state index contributed by atoms with van der Waals surface area (Å²) in [6.07, 6.45) is -4.61. The molecule has 1 atom stereocenters. The highest BCUT2D eigenvalue weighted by Gasteiger charge is 2.31. The molecule has 33 heavy (non-hydrogen) atoms. The van der Waals surface area contributed by atoms with Crippen molar-refractivity contribution < 1.29 is 22.8 Å². The van der Waals surface area contributed by atoms with Crippen LogP contribution in [0.3, 0.4) is 0 Å².